The quantitative estimate of drug-likeness (QED) is 0.555. The first kappa shape index (κ1) is 16.3. The highest BCUT2D eigenvalue weighted by atomic mass is 19.3. The summed E-state index contributed by atoms with van der Waals surface area (Å²) in [5, 5.41) is 0. The molecule has 4 aliphatic carbocycles. The van der Waals surface area contributed by atoms with Gasteiger partial charge in [-0.1, -0.05) is 11.6 Å². The number of fused-ring (bicyclic) bond motifs is 3. The third kappa shape index (κ3) is 2.15. The van der Waals surface area contributed by atoms with Crippen molar-refractivity contribution in [3.05, 3.63) is 11.6 Å². The van der Waals surface area contributed by atoms with Gasteiger partial charge in [-0.05, 0) is 57.8 Å². The maximum atomic E-state index is 15.0. The van der Waals surface area contributed by atoms with Gasteiger partial charge >= 0.3 is 0 Å². The van der Waals surface area contributed by atoms with Crippen LogP contribution < -0.4 is 0 Å². The van der Waals surface area contributed by atoms with Crippen LogP contribution in [0.4, 0.5) is 13.2 Å². The Labute approximate surface area is 130 Å². The normalized spacial score (nSPS) is 44.0. The van der Waals surface area contributed by atoms with Gasteiger partial charge in [-0.2, -0.15) is 0 Å². The van der Waals surface area contributed by atoms with E-state index in [4.69, 9.17) is 9.47 Å². The molecule has 126 valence electrons. The zero-order valence-corrected chi connectivity index (χ0v) is 13.3. The van der Waals surface area contributed by atoms with Gasteiger partial charge in [0.15, 0.2) is 6.17 Å². The number of halogens is 3. The standard InChI is InChI=1S/C17H25F3O2/c1-12-3-5-13(6-4-12)15-7-9-16(10-8-15,22-11-21-2)14(18)17(15,19)20/h3,13-14H,4-11H2,1-2H3. The van der Waals surface area contributed by atoms with Crippen LogP contribution in [0.15, 0.2) is 11.6 Å². The number of methoxy groups -OCH3 is 1. The molecule has 2 bridgehead atoms. The second-order valence-corrected chi connectivity index (χ2v) is 7.28. The minimum Gasteiger partial charge on any atom is -0.359 e. The van der Waals surface area contributed by atoms with Crippen molar-refractivity contribution in [1.82, 2.24) is 0 Å². The molecule has 22 heavy (non-hydrogen) atoms. The molecule has 0 aromatic rings. The molecule has 2 unspecified atom stereocenters. The largest absolute Gasteiger partial charge is 0.359 e. The van der Waals surface area contributed by atoms with E-state index in [0.29, 0.717) is 32.1 Å². The fourth-order valence-electron chi connectivity index (χ4n) is 4.83. The van der Waals surface area contributed by atoms with E-state index in [-0.39, 0.29) is 12.7 Å². The molecule has 0 radical (unpaired) electrons. The Balaban J connectivity index is 1.87. The summed E-state index contributed by atoms with van der Waals surface area (Å²) in [6, 6.07) is 0. The van der Waals surface area contributed by atoms with Crippen LogP contribution in [0.25, 0.3) is 0 Å². The summed E-state index contributed by atoms with van der Waals surface area (Å²) in [6.07, 6.45) is 3.51. The maximum Gasteiger partial charge on any atom is 0.287 e. The molecule has 0 aromatic carbocycles. The Hall–Kier alpha value is -0.550. The van der Waals surface area contributed by atoms with Crippen molar-refractivity contribution in [3.63, 3.8) is 0 Å². The third-order valence-corrected chi connectivity index (χ3v) is 6.32. The molecule has 0 heterocycles. The lowest BCUT2D eigenvalue weighted by atomic mass is 9.49. The van der Waals surface area contributed by atoms with Crippen LogP contribution in [0.2, 0.25) is 0 Å². The molecular weight excluding hydrogens is 293 g/mol. The molecule has 4 rings (SSSR count). The van der Waals surface area contributed by atoms with Gasteiger partial charge in [0.25, 0.3) is 5.92 Å². The van der Waals surface area contributed by atoms with Crippen LogP contribution in [-0.4, -0.2) is 31.6 Å². The zero-order chi connectivity index (χ0) is 16.0. The zero-order valence-electron chi connectivity index (χ0n) is 13.3. The van der Waals surface area contributed by atoms with E-state index in [1.807, 2.05) is 6.92 Å². The van der Waals surface area contributed by atoms with E-state index in [0.717, 1.165) is 12.8 Å². The molecule has 0 aromatic heterocycles. The summed E-state index contributed by atoms with van der Waals surface area (Å²) < 4.78 is 55.0. The predicted molar refractivity (Wildman–Crippen MR) is 77.5 cm³/mol. The first-order chi connectivity index (χ1) is 10.4. The molecule has 0 aliphatic heterocycles. The summed E-state index contributed by atoms with van der Waals surface area (Å²) in [5.41, 5.74) is -1.29. The number of ether oxygens (including phenoxy) is 2. The van der Waals surface area contributed by atoms with E-state index in [2.05, 4.69) is 6.08 Å². The molecule has 3 saturated carbocycles. The summed E-state index contributed by atoms with van der Waals surface area (Å²) in [7, 11) is 1.43. The Morgan fingerprint density at radius 3 is 2.45 bits per heavy atom. The fraction of sp³-hybridized carbons (Fsp3) is 0.882. The lowest BCUT2D eigenvalue weighted by Crippen LogP contribution is -2.69. The third-order valence-electron chi connectivity index (χ3n) is 6.32. The van der Waals surface area contributed by atoms with E-state index >= 15 is 0 Å². The predicted octanol–water partition coefficient (Wildman–Crippen LogP) is 4.64. The topological polar surface area (TPSA) is 18.5 Å². The number of hydrogen-bond donors (Lipinski definition) is 0. The Morgan fingerprint density at radius 1 is 1.23 bits per heavy atom. The molecule has 3 fully saturated rings. The van der Waals surface area contributed by atoms with Crippen molar-refractivity contribution in [1.29, 1.82) is 0 Å². The van der Waals surface area contributed by atoms with Crippen LogP contribution in [0.1, 0.15) is 51.9 Å². The van der Waals surface area contributed by atoms with Gasteiger partial charge < -0.3 is 9.47 Å². The first-order valence-electron chi connectivity index (χ1n) is 8.18. The highest BCUT2D eigenvalue weighted by Gasteiger charge is 2.73. The monoisotopic (exact) mass is 318 g/mol. The van der Waals surface area contributed by atoms with Gasteiger partial charge in [0.2, 0.25) is 0 Å². The van der Waals surface area contributed by atoms with Gasteiger partial charge in [-0.15, -0.1) is 0 Å². The molecule has 4 aliphatic rings. The molecule has 0 N–H and O–H groups in total. The van der Waals surface area contributed by atoms with Crippen molar-refractivity contribution in [3.8, 4) is 0 Å². The van der Waals surface area contributed by atoms with E-state index in [9.17, 15) is 13.2 Å². The fourth-order valence-corrected chi connectivity index (χ4v) is 4.83. The second kappa shape index (κ2) is 5.52. The van der Waals surface area contributed by atoms with Crippen LogP contribution in [0, 0.1) is 11.3 Å². The van der Waals surface area contributed by atoms with E-state index in [1.165, 1.54) is 12.7 Å². The molecule has 5 heteroatoms. The molecule has 0 spiro atoms. The van der Waals surface area contributed by atoms with Crippen molar-refractivity contribution in [2.24, 2.45) is 11.3 Å². The van der Waals surface area contributed by atoms with Crippen LogP contribution >= 0.6 is 0 Å². The summed E-state index contributed by atoms with van der Waals surface area (Å²) in [4.78, 5) is 0. The van der Waals surface area contributed by atoms with Crippen LogP contribution in [0.5, 0.6) is 0 Å². The number of rotatable bonds is 4. The molecule has 2 atom stereocenters. The average Bonchev–Trinajstić information content (AvgIpc) is 2.52. The average molecular weight is 318 g/mol. The Kier molecular flexibility index (Phi) is 4.09. The van der Waals surface area contributed by atoms with Gasteiger partial charge in [0, 0.05) is 12.5 Å². The van der Waals surface area contributed by atoms with Crippen LogP contribution in [-0.2, 0) is 9.47 Å². The summed E-state index contributed by atoms with van der Waals surface area (Å²) >= 11 is 0. The molecule has 2 nitrogen and oxygen atoms in total. The molecule has 0 saturated heterocycles. The lowest BCUT2D eigenvalue weighted by Gasteiger charge is -2.61. The second-order valence-electron chi connectivity index (χ2n) is 7.28. The van der Waals surface area contributed by atoms with Gasteiger partial charge in [-0.25, -0.2) is 13.2 Å². The Bertz CT molecular complexity index is 453. The maximum absolute atomic E-state index is 15.0. The number of alkyl halides is 3. The van der Waals surface area contributed by atoms with Crippen LogP contribution in [0.3, 0.4) is 0 Å². The van der Waals surface area contributed by atoms with Gasteiger partial charge in [0.05, 0.1) is 0 Å². The molecule has 0 amide bonds. The summed E-state index contributed by atoms with van der Waals surface area (Å²) in [6.45, 7) is 1.91. The van der Waals surface area contributed by atoms with Crippen molar-refractivity contribution >= 4 is 0 Å². The SMILES string of the molecule is COCOC12CCC(C3CC=C(C)CC3)(CC1)C(F)(F)C2F. The minimum atomic E-state index is -3.32. The highest BCUT2D eigenvalue weighted by Crippen LogP contribution is 2.66. The van der Waals surface area contributed by atoms with Crippen molar-refractivity contribution in [2.45, 2.75) is 69.6 Å². The first-order valence-corrected chi connectivity index (χ1v) is 8.18. The number of allylic oxidation sites excluding steroid dienone is 2. The van der Waals surface area contributed by atoms with Crippen molar-refractivity contribution < 1.29 is 22.6 Å². The van der Waals surface area contributed by atoms with E-state index in [1.54, 1.807) is 0 Å². The minimum absolute atomic E-state index is 0.120. The highest BCUT2D eigenvalue weighted by molar-refractivity contribution is 5.19. The number of hydrogen-bond acceptors (Lipinski definition) is 2. The van der Waals surface area contributed by atoms with Crippen molar-refractivity contribution in [2.75, 3.05) is 13.9 Å². The van der Waals surface area contributed by atoms with Gasteiger partial charge in [0.1, 0.15) is 12.4 Å². The molecular formula is C17H25F3O2. The smallest absolute Gasteiger partial charge is 0.287 e. The van der Waals surface area contributed by atoms with E-state index < -0.39 is 23.1 Å². The lowest BCUT2D eigenvalue weighted by molar-refractivity contribution is -0.324. The Morgan fingerprint density at radius 2 is 1.91 bits per heavy atom. The van der Waals surface area contributed by atoms with Gasteiger partial charge in [-0.3, -0.25) is 0 Å². The summed E-state index contributed by atoms with van der Waals surface area (Å²) in [5.74, 6) is -3.44.